The van der Waals surface area contributed by atoms with E-state index in [0.717, 1.165) is 5.56 Å². The van der Waals surface area contributed by atoms with Gasteiger partial charge in [0, 0.05) is 5.56 Å². The van der Waals surface area contributed by atoms with Crippen LogP contribution >= 0.6 is 0 Å². The summed E-state index contributed by atoms with van der Waals surface area (Å²) in [6.07, 6.45) is 4.40. The Morgan fingerprint density at radius 1 is 1.08 bits per heavy atom. The van der Waals surface area contributed by atoms with Crippen LogP contribution in [0, 0.1) is 20.1 Å². The van der Waals surface area contributed by atoms with E-state index in [1.807, 2.05) is 6.07 Å². The fourth-order valence-corrected chi connectivity index (χ4v) is 1.30. The van der Waals surface area contributed by atoms with Crippen LogP contribution < -0.4 is 0 Å². The van der Waals surface area contributed by atoms with Gasteiger partial charge in [0.15, 0.2) is 6.26 Å². The Balaban J connectivity index is 2.49. The zero-order chi connectivity index (χ0) is 9.26. The van der Waals surface area contributed by atoms with Gasteiger partial charge >= 0.3 is 0 Å². The maximum absolute atomic E-state index is 4.91. The molecule has 0 aliphatic rings. The Bertz CT molecular complexity index is 399. The van der Waals surface area contributed by atoms with Crippen LogP contribution in [0.25, 0.3) is 11.1 Å². The average molecular weight is 171 g/mol. The lowest BCUT2D eigenvalue weighted by atomic mass is 10.0. The van der Waals surface area contributed by atoms with Gasteiger partial charge in [0.2, 0.25) is 0 Å². The van der Waals surface area contributed by atoms with E-state index < -0.39 is 0 Å². The molecule has 0 aliphatic heterocycles. The molecule has 2 aromatic rings. The van der Waals surface area contributed by atoms with E-state index in [4.69, 9.17) is 4.42 Å². The lowest BCUT2D eigenvalue weighted by molar-refractivity contribution is 0.559. The molecular weight excluding hydrogens is 160 g/mol. The van der Waals surface area contributed by atoms with Gasteiger partial charge < -0.3 is 4.42 Å². The average Bonchev–Trinajstić information content (AvgIpc) is 2.62. The molecule has 0 bridgehead atoms. The minimum absolute atomic E-state index is 1.09. The molecule has 0 amide bonds. The lowest BCUT2D eigenvalue weighted by Crippen LogP contribution is -1.81. The number of aryl methyl sites for hydroxylation is 2. The van der Waals surface area contributed by atoms with Crippen molar-refractivity contribution in [1.82, 2.24) is 0 Å². The van der Waals surface area contributed by atoms with Gasteiger partial charge in [-0.3, -0.25) is 0 Å². The second-order valence-corrected chi connectivity index (χ2v) is 3.25. The second-order valence-electron chi connectivity index (χ2n) is 3.25. The smallest absolute Gasteiger partial charge is 0.169 e. The van der Waals surface area contributed by atoms with E-state index in [0.29, 0.717) is 0 Å². The number of rotatable bonds is 1. The molecule has 65 valence electrons. The van der Waals surface area contributed by atoms with Crippen LogP contribution in [0.2, 0.25) is 0 Å². The number of hydrogen-bond donors (Lipinski definition) is 0. The van der Waals surface area contributed by atoms with Crippen molar-refractivity contribution in [2.75, 3.05) is 0 Å². The Morgan fingerprint density at radius 3 is 2.54 bits per heavy atom. The first-order chi connectivity index (χ1) is 6.27. The highest BCUT2D eigenvalue weighted by Crippen LogP contribution is 2.21. The molecule has 1 aromatic carbocycles. The van der Waals surface area contributed by atoms with Crippen LogP contribution in [-0.2, 0) is 0 Å². The fourth-order valence-electron chi connectivity index (χ4n) is 1.30. The molecule has 0 N–H and O–H groups in total. The van der Waals surface area contributed by atoms with Gasteiger partial charge in [-0.2, -0.15) is 0 Å². The number of furan rings is 1. The summed E-state index contributed by atoms with van der Waals surface area (Å²) in [7, 11) is 0. The Morgan fingerprint density at radius 2 is 1.92 bits per heavy atom. The van der Waals surface area contributed by atoms with E-state index in [1.54, 1.807) is 6.26 Å². The molecule has 1 heterocycles. The van der Waals surface area contributed by atoms with Crippen LogP contribution in [-0.4, -0.2) is 0 Å². The summed E-state index contributed by atoms with van der Waals surface area (Å²) in [6.45, 7) is 4.23. The third kappa shape index (κ3) is 1.50. The van der Waals surface area contributed by atoms with Crippen molar-refractivity contribution < 1.29 is 4.42 Å². The Labute approximate surface area is 78.0 Å². The van der Waals surface area contributed by atoms with Crippen LogP contribution in [0.15, 0.2) is 34.9 Å². The van der Waals surface area contributed by atoms with Crippen molar-refractivity contribution >= 4 is 0 Å². The van der Waals surface area contributed by atoms with Crippen molar-refractivity contribution in [1.29, 1.82) is 0 Å². The minimum atomic E-state index is 1.09. The molecule has 0 saturated heterocycles. The molecule has 0 aliphatic carbocycles. The maximum Gasteiger partial charge on any atom is 0.169 e. The van der Waals surface area contributed by atoms with Crippen molar-refractivity contribution in [2.45, 2.75) is 13.8 Å². The van der Waals surface area contributed by atoms with E-state index >= 15 is 0 Å². The first-order valence-corrected chi connectivity index (χ1v) is 4.29. The van der Waals surface area contributed by atoms with Crippen LogP contribution in [0.5, 0.6) is 0 Å². The SMILES string of the molecule is Cc1ccc(-c2c[c]oc2)cc1C. The van der Waals surface area contributed by atoms with E-state index in [9.17, 15) is 0 Å². The zero-order valence-electron chi connectivity index (χ0n) is 7.79. The van der Waals surface area contributed by atoms with Crippen LogP contribution in [0.3, 0.4) is 0 Å². The largest absolute Gasteiger partial charge is 0.460 e. The maximum atomic E-state index is 4.91. The van der Waals surface area contributed by atoms with Gasteiger partial charge in [-0.05, 0) is 36.6 Å². The van der Waals surface area contributed by atoms with Gasteiger partial charge in [0.05, 0.1) is 6.26 Å². The van der Waals surface area contributed by atoms with Crippen molar-refractivity contribution in [3.8, 4) is 11.1 Å². The molecule has 0 unspecified atom stereocenters. The Hall–Kier alpha value is -1.50. The highest BCUT2D eigenvalue weighted by molar-refractivity contribution is 5.63. The van der Waals surface area contributed by atoms with E-state index in [-0.39, 0.29) is 0 Å². The van der Waals surface area contributed by atoms with E-state index in [2.05, 4.69) is 38.3 Å². The zero-order valence-corrected chi connectivity index (χ0v) is 7.79. The molecule has 13 heavy (non-hydrogen) atoms. The summed E-state index contributed by atoms with van der Waals surface area (Å²) in [5.41, 5.74) is 4.89. The minimum Gasteiger partial charge on any atom is -0.460 e. The predicted molar refractivity (Wildman–Crippen MR) is 52.5 cm³/mol. The normalized spacial score (nSPS) is 10.3. The van der Waals surface area contributed by atoms with E-state index in [1.165, 1.54) is 16.7 Å². The lowest BCUT2D eigenvalue weighted by Gasteiger charge is -2.02. The molecule has 2 rings (SSSR count). The molecule has 0 saturated carbocycles. The molecule has 1 aromatic heterocycles. The summed E-state index contributed by atoms with van der Waals surface area (Å²) in [5.74, 6) is 0. The summed E-state index contributed by atoms with van der Waals surface area (Å²) in [6, 6.07) is 8.23. The summed E-state index contributed by atoms with van der Waals surface area (Å²) in [5, 5.41) is 0. The third-order valence-electron chi connectivity index (χ3n) is 2.31. The van der Waals surface area contributed by atoms with Crippen LogP contribution in [0.4, 0.5) is 0 Å². The summed E-state index contributed by atoms with van der Waals surface area (Å²) < 4.78 is 4.91. The summed E-state index contributed by atoms with van der Waals surface area (Å²) in [4.78, 5) is 0. The highest BCUT2D eigenvalue weighted by Gasteiger charge is 2.00. The van der Waals surface area contributed by atoms with Gasteiger partial charge in [-0.1, -0.05) is 18.2 Å². The monoisotopic (exact) mass is 171 g/mol. The van der Waals surface area contributed by atoms with Gasteiger partial charge in [0.1, 0.15) is 0 Å². The molecule has 1 heteroatoms. The topological polar surface area (TPSA) is 13.1 Å². The standard InChI is InChI=1S/C12H11O/c1-9-3-4-11(7-10(9)2)12-5-6-13-8-12/h3-5,7-8H,1-2H3. The highest BCUT2D eigenvalue weighted by atomic mass is 16.3. The molecule has 0 fully saturated rings. The molecular formula is C12H11O. The Kier molecular flexibility index (Phi) is 1.93. The molecule has 0 spiro atoms. The first-order valence-electron chi connectivity index (χ1n) is 4.29. The third-order valence-corrected chi connectivity index (χ3v) is 2.31. The molecule has 1 nitrogen and oxygen atoms in total. The van der Waals surface area contributed by atoms with Crippen molar-refractivity contribution in [3.63, 3.8) is 0 Å². The first kappa shape index (κ1) is 8.11. The number of hydrogen-bond acceptors (Lipinski definition) is 1. The predicted octanol–water partition coefficient (Wildman–Crippen LogP) is 3.36. The van der Waals surface area contributed by atoms with Crippen molar-refractivity contribution in [2.24, 2.45) is 0 Å². The van der Waals surface area contributed by atoms with Crippen molar-refractivity contribution in [3.05, 3.63) is 47.9 Å². The quantitative estimate of drug-likeness (QED) is 0.641. The molecule has 0 atom stereocenters. The second kappa shape index (κ2) is 3.09. The fraction of sp³-hybridized carbons (Fsp3) is 0.167. The number of benzene rings is 1. The van der Waals surface area contributed by atoms with Crippen LogP contribution in [0.1, 0.15) is 11.1 Å². The van der Waals surface area contributed by atoms with Gasteiger partial charge in [-0.15, -0.1) is 0 Å². The van der Waals surface area contributed by atoms with Gasteiger partial charge in [-0.25, -0.2) is 0 Å². The molecule has 1 radical (unpaired) electrons. The van der Waals surface area contributed by atoms with Gasteiger partial charge in [0.25, 0.3) is 0 Å². The summed E-state index contributed by atoms with van der Waals surface area (Å²) >= 11 is 0.